The molecule has 3 unspecified atom stereocenters. The summed E-state index contributed by atoms with van der Waals surface area (Å²) in [7, 11) is 1.46. The largest absolute Gasteiger partial charge is 0.505 e. The minimum atomic E-state index is -1.45. The molecule has 3 aliphatic rings. The lowest BCUT2D eigenvalue weighted by Gasteiger charge is -2.37. The predicted octanol–water partition coefficient (Wildman–Crippen LogP) is 1.04. The smallest absolute Gasteiger partial charge is 0.348 e. The molecule has 0 saturated carbocycles. The predicted molar refractivity (Wildman–Crippen MR) is 406 cm³/mol. The Morgan fingerprint density at radius 1 is 0.417 bits per heavy atom. The number of carbonyl (C=O) groups is 12. The van der Waals surface area contributed by atoms with Gasteiger partial charge in [0.25, 0.3) is 17.7 Å². The molecule has 0 radical (unpaired) electrons. The van der Waals surface area contributed by atoms with Crippen LogP contribution in [0.5, 0.6) is 17.2 Å². The molecule has 8 amide bonds. The van der Waals surface area contributed by atoms with Crippen LogP contribution >= 0.6 is 0 Å². The van der Waals surface area contributed by atoms with E-state index >= 15 is 0 Å². The summed E-state index contributed by atoms with van der Waals surface area (Å²) in [4.78, 5) is 183. The molecule has 0 aliphatic carbocycles. The Morgan fingerprint density at radius 2 is 0.757 bits per heavy atom. The van der Waals surface area contributed by atoms with Gasteiger partial charge >= 0.3 is 23.9 Å². The molecule has 0 aromatic carbocycles. The average molecular weight is 1600 g/mol. The van der Waals surface area contributed by atoms with Crippen LogP contribution in [-0.4, -0.2) is 235 Å². The normalized spacial score (nSPS) is 26.8. The van der Waals surface area contributed by atoms with Crippen molar-refractivity contribution in [1.82, 2.24) is 72.0 Å². The van der Waals surface area contributed by atoms with Gasteiger partial charge in [-0.1, -0.05) is 73.6 Å². The third kappa shape index (κ3) is 24.2. The summed E-state index contributed by atoms with van der Waals surface area (Å²) in [5.74, 6) is -14.9. The molecular weight excluding hydrogens is 1500 g/mol. The second-order valence-corrected chi connectivity index (χ2v) is 29.2. The zero-order valence-corrected chi connectivity index (χ0v) is 65.7. The maximum atomic E-state index is 13.6. The van der Waals surface area contributed by atoms with Gasteiger partial charge in [0.05, 0.1) is 54.2 Å². The van der Waals surface area contributed by atoms with Gasteiger partial charge in [0.2, 0.25) is 35.6 Å². The number of nitrogens with zero attached hydrogens (tertiary/aromatic N) is 7. The zero-order chi connectivity index (χ0) is 84.8. The third-order valence-corrected chi connectivity index (χ3v) is 19.4. The van der Waals surface area contributed by atoms with E-state index in [-0.39, 0.29) is 48.2 Å². The fraction of sp³-hybridized carbons (Fsp3) is 0.468. The maximum Gasteiger partial charge on any atom is 0.348 e. The first-order chi connectivity index (χ1) is 54.4. The summed E-state index contributed by atoms with van der Waals surface area (Å²) in [5, 5.41) is 81.9. The highest BCUT2D eigenvalue weighted by molar-refractivity contribution is 6.00. The summed E-state index contributed by atoms with van der Waals surface area (Å²) >= 11 is 0. The van der Waals surface area contributed by atoms with Gasteiger partial charge in [0.15, 0.2) is 17.1 Å². The highest BCUT2D eigenvalue weighted by Gasteiger charge is 2.46. The molecule has 3 saturated heterocycles. The van der Waals surface area contributed by atoms with E-state index in [1.807, 2.05) is 0 Å². The van der Waals surface area contributed by atoms with Crippen molar-refractivity contribution >= 4 is 71.1 Å². The lowest BCUT2D eigenvalue weighted by atomic mass is 9.90. The van der Waals surface area contributed by atoms with Gasteiger partial charge in [-0.05, 0) is 130 Å². The van der Waals surface area contributed by atoms with Crippen molar-refractivity contribution < 1.29 is 107 Å². The van der Waals surface area contributed by atoms with Gasteiger partial charge in [0, 0.05) is 68.7 Å². The van der Waals surface area contributed by atoms with E-state index < -0.39 is 203 Å². The van der Waals surface area contributed by atoms with Crippen molar-refractivity contribution in [2.24, 2.45) is 35.5 Å². The van der Waals surface area contributed by atoms with Crippen LogP contribution in [0.2, 0.25) is 0 Å². The van der Waals surface area contributed by atoms with Crippen LogP contribution in [-0.2, 0) is 81.4 Å². The van der Waals surface area contributed by atoms with Crippen LogP contribution in [0.15, 0.2) is 129 Å². The fourth-order valence-corrected chi connectivity index (χ4v) is 12.7. The van der Waals surface area contributed by atoms with E-state index in [2.05, 4.69) is 67.1 Å². The summed E-state index contributed by atoms with van der Waals surface area (Å²) in [6.07, 6.45) is 4.66. The molecule has 36 heteroatoms. The Hall–Kier alpha value is -12.2. The van der Waals surface area contributed by atoms with Gasteiger partial charge < -0.3 is 91.7 Å². The number of esters is 4. The lowest BCUT2D eigenvalue weighted by molar-refractivity contribution is -0.180. The van der Waals surface area contributed by atoms with Crippen LogP contribution in [0, 0.1) is 35.5 Å². The minimum absolute atomic E-state index is 0.0990. The van der Waals surface area contributed by atoms with E-state index in [4.69, 9.17) is 18.9 Å². The van der Waals surface area contributed by atoms with Crippen molar-refractivity contribution in [2.75, 3.05) is 7.05 Å². The van der Waals surface area contributed by atoms with E-state index in [1.165, 1.54) is 108 Å². The minimum Gasteiger partial charge on any atom is -0.505 e. The molecule has 3 fully saturated rings. The Morgan fingerprint density at radius 3 is 1.09 bits per heavy atom. The number of amides is 8. The van der Waals surface area contributed by atoms with Gasteiger partial charge in [0.1, 0.15) is 65.8 Å². The Kier molecular flexibility index (Phi) is 32.5. The van der Waals surface area contributed by atoms with Gasteiger partial charge in [-0.3, -0.25) is 58.1 Å². The van der Waals surface area contributed by atoms with Crippen LogP contribution in [0.25, 0.3) is 0 Å². The highest BCUT2D eigenvalue weighted by Crippen LogP contribution is 2.26. The molecule has 0 bridgehead atoms. The van der Waals surface area contributed by atoms with E-state index in [1.54, 1.807) is 115 Å². The van der Waals surface area contributed by atoms with Crippen molar-refractivity contribution in [3.63, 3.8) is 0 Å². The monoisotopic (exact) mass is 1600 g/mol. The molecule has 618 valence electrons. The third-order valence-electron chi connectivity index (χ3n) is 19.4. The molecule has 6 aromatic heterocycles. The van der Waals surface area contributed by atoms with Crippen molar-refractivity contribution in [3.8, 4) is 17.2 Å². The summed E-state index contributed by atoms with van der Waals surface area (Å²) in [6.45, 7) is 18.9. The first-order valence-electron chi connectivity index (χ1n) is 37.3. The fourth-order valence-electron chi connectivity index (χ4n) is 12.7. The zero-order valence-electron chi connectivity index (χ0n) is 65.7. The number of likely N-dealkylation sites (N-methyl/N-ethyl adjacent to an activating group) is 1. The Labute approximate surface area is 663 Å². The van der Waals surface area contributed by atoms with Gasteiger partial charge in [-0.2, -0.15) is 0 Å². The number of aliphatic hydroxyl groups is 3. The standard InChI is InChI=1S/C27H35N5O7.C26H33N5O7.C26H32N4O8/c1-14(2)22-27(38)39-16(4)20(31-25(36)21-19(33)9-7-11-29-21)24(35)30-18(12-17-8-6-10-28-13-17)23(34)15(3)26(37)32(22)5;1-13(2)19-26(37)38-15(4)20(31-25(36)21-18(32)8-6-10-28-21)24(35)29-17(11-16-7-5-9-27-12-16)22(33)14(3)23(34)30-19;1-13(2)22-26(36)37-15(4)19(30-24(34)20-18(31)8-6-10-28-20)23(33)29-17(11-16-7-5-9-27-12-16)21(32)14(3)25(35)38-22/h6-11,13-16,18,20,22-23,33-34H,12H2,1-5H3,(H,30,35)(H,31,36);5-10,12-15,17,19-20,22,32-33H,11H2,1-4H3,(H,29,35)(H,30,34)(H,31,36);5-10,12-15,17,19,21-22,31-32H,11H2,1-4H3,(H,29,33)(H,30,34)/t15-,16-,18+,20+,22?,23+;14-,15-,17+,19?,20+,22+;14-,15-,17+,19+,21+,22?/m111/s1. The molecule has 9 rings (SSSR count). The second-order valence-electron chi connectivity index (χ2n) is 29.2. The number of aromatic hydroxyl groups is 3. The number of hydrogen-bond donors (Lipinski definition) is 13. The highest BCUT2D eigenvalue weighted by atomic mass is 16.6. The molecule has 9 heterocycles. The first-order valence-corrected chi connectivity index (χ1v) is 37.3. The van der Waals surface area contributed by atoms with Crippen LogP contribution in [0.3, 0.4) is 0 Å². The van der Waals surface area contributed by atoms with Crippen LogP contribution in [0.4, 0.5) is 0 Å². The van der Waals surface area contributed by atoms with E-state index in [0.717, 1.165) is 0 Å². The quantitative estimate of drug-likeness (QED) is 0.0504. The summed E-state index contributed by atoms with van der Waals surface area (Å²) in [6, 6.07) is 9.18. The maximum absolute atomic E-state index is 13.6. The second kappa shape index (κ2) is 41.6. The Balaban J connectivity index is 0.000000239. The van der Waals surface area contributed by atoms with Gasteiger partial charge in [-0.15, -0.1) is 0 Å². The van der Waals surface area contributed by atoms with Crippen molar-refractivity contribution in [2.45, 2.75) is 193 Å². The number of cyclic esters (lactones) is 4. The molecule has 36 nitrogen and oxygen atoms in total. The summed E-state index contributed by atoms with van der Waals surface area (Å²) in [5.41, 5.74) is 1.08. The lowest BCUT2D eigenvalue weighted by Crippen LogP contribution is -2.61. The molecule has 0 spiro atoms. The van der Waals surface area contributed by atoms with Crippen molar-refractivity contribution in [1.29, 1.82) is 0 Å². The van der Waals surface area contributed by atoms with E-state index in [0.29, 0.717) is 16.7 Å². The number of aromatic nitrogens is 6. The van der Waals surface area contributed by atoms with Crippen LogP contribution in [0.1, 0.15) is 131 Å². The number of rotatable bonds is 15. The summed E-state index contributed by atoms with van der Waals surface area (Å²) < 4.78 is 22.0. The SMILES string of the molecule is CC(C)C1C(=O)O[C@H](C)[C@H](NC(=O)c2ncccc2O)C(=O)N[C@@H](Cc2cccnc2)[C@@H](O)[C@@H](C)C(=O)N1C.CC(C)C1NC(=O)[C@H](C)[C@H](O)[C@H](Cc2cccnc2)NC(=O)[C@@H](NC(=O)c2ncccc2O)[C@@H](C)OC1=O.CC(C)C1OC(=O)[C@H](C)[C@H](O)[C@H](Cc2cccnc2)NC(=O)[C@@H](NC(=O)c2ncccc2O)[C@@H](C)OC1=O. The molecule has 13 N–H and O–H groups in total. The number of nitrogens with one attached hydrogen (secondary N) is 7. The topological polar surface area (TPSA) is 528 Å². The average Bonchev–Trinajstić information content (AvgIpc) is 0.825. The van der Waals surface area contributed by atoms with E-state index in [9.17, 15) is 88.2 Å². The number of carbonyl (C=O) groups excluding carboxylic acids is 12. The molecule has 115 heavy (non-hydrogen) atoms. The Bertz CT molecular complexity index is 4200. The number of ether oxygens (including phenoxy) is 4. The number of hydrogen-bond acceptors (Lipinski definition) is 28. The molecule has 18 atom stereocenters. The number of pyridine rings is 6. The van der Waals surface area contributed by atoms with Crippen molar-refractivity contribution in [3.05, 3.63) is 162 Å². The molecule has 6 aromatic rings. The first kappa shape index (κ1) is 90.0. The van der Waals surface area contributed by atoms with Gasteiger partial charge in [-0.25, -0.2) is 29.3 Å². The molecular formula is C79H100N14O22. The molecule has 3 aliphatic heterocycles. The van der Waals surface area contributed by atoms with Crippen LogP contribution < -0.4 is 37.2 Å². The number of aliphatic hydroxyl groups excluding tert-OH is 3.